The molecule has 0 fully saturated rings. The average molecular weight is 345 g/mol. The van der Waals surface area contributed by atoms with Gasteiger partial charge in [0.15, 0.2) is 0 Å². The van der Waals surface area contributed by atoms with Gasteiger partial charge in [-0.15, -0.1) is 0 Å². The molecule has 2 nitrogen and oxygen atoms in total. The minimum Gasteiger partial charge on any atom is -0.389 e. The van der Waals surface area contributed by atoms with Crippen molar-refractivity contribution < 1.29 is 18.3 Å². The first-order valence-corrected chi connectivity index (χ1v) is 8.24. The van der Waals surface area contributed by atoms with Crippen LogP contribution in [0.1, 0.15) is 72.1 Å². The van der Waals surface area contributed by atoms with Crippen LogP contribution in [0.5, 0.6) is 0 Å². The number of rotatable bonds is 3. The minimum atomic E-state index is -4.45. The molecule has 1 unspecified atom stereocenters. The van der Waals surface area contributed by atoms with Crippen molar-refractivity contribution in [3.05, 3.63) is 47.2 Å². The molecule has 0 spiro atoms. The predicted octanol–water partition coefficient (Wildman–Crippen LogP) is 6.46. The third-order valence-electron chi connectivity index (χ3n) is 2.66. The number of aliphatic hydroxyl groups is 1. The molecule has 0 amide bonds. The smallest absolute Gasteiger partial charge is 0.389 e. The van der Waals surface area contributed by atoms with E-state index < -0.39 is 18.0 Å². The summed E-state index contributed by atoms with van der Waals surface area (Å²) in [5.41, 5.74) is 0.666. The third kappa shape index (κ3) is 9.50. The van der Waals surface area contributed by atoms with E-state index in [4.69, 9.17) is 0 Å². The first-order valence-electron chi connectivity index (χ1n) is 8.24. The maximum Gasteiger partial charge on any atom is 0.433 e. The fourth-order valence-corrected chi connectivity index (χ4v) is 1.54. The number of aliphatic imine (C=N–C) groups is 1. The molecular formula is C19H30F3NO. The highest BCUT2D eigenvalue weighted by atomic mass is 19.4. The number of hydrogen-bond donors (Lipinski definition) is 1. The zero-order valence-corrected chi connectivity index (χ0v) is 15.7. The van der Waals surface area contributed by atoms with E-state index in [-0.39, 0.29) is 5.71 Å². The molecule has 0 saturated carbocycles. The molecule has 0 aliphatic rings. The molecule has 0 aromatic heterocycles. The molecule has 1 atom stereocenters. The van der Waals surface area contributed by atoms with Crippen LogP contribution in [-0.2, 0) is 0 Å². The lowest BCUT2D eigenvalue weighted by molar-refractivity contribution is -0.0924. The summed E-state index contributed by atoms with van der Waals surface area (Å²) in [5.74, 6) is 0. The van der Waals surface area contributed by atoms with E-state index in [1.165, 1.54) is 20.3 Å². The molecule has 0 heterocycles. The van der Waals surface area contributed by atoms with Gasteiger partial charge < -0.3 is 5.11 Å². The van der Waals surface area contributed by atoms with Gasteiger partial charge >= 0.3 is 6.18 Å². The summed E-state index contributed by atoms with van der Waals surface area (Å²) in [6.07, 6.45) is -2.86. The molecule has 24 heavy (non-hydrogen) atoms. The number of hydrogen-bond acceptors (Lipinski definition) is 2. The predicted molar refractivity (Wildman–Crippen MR) is 96.4 cm³/mol. The van der Waals surface area contributed by atoms with Gasteiger partial charge in [0.25, 0.3) is 0 Å². The van der Waals surface area contributed by atoms with Gasteiger partial charge in [0.2, 0.25) is 0 Å². The van der Waals surface area contributed by atoms with E-state index >= 15 is 0 Å². The summed E-state index contributed by atoms with van der Waals surface area (Å²) in [5, 5.41) is 9.36. The fraction of sp³-hybridized carbons (Fsp3) is 0.526. The molecule has 0 saturated heterocycles. The molecule has 0 bridgehead atoms. The van der Waals surface area contributed by atoms with Crippen molar-refractivity contribution in [1.82, 2.24) is 0 Å². The van der Waals surface area contributed by atoms with Crippen molar-refractivity contribution in [3.63, 3.8) is 0 Å². The second kappa shape index (κ2) is 12.8. The van der Waals surface area contributed by atoms with Crippen molar-refractivity contribution in [1.29, 1.82) is 0 Å². The van der Waals surface area contributed by atoms with Crippen molar-refractivity contribution >= 4 is 5.71 Å². The second-order valence-corrected chi connectivity index (χ2v) is 4.87. The van der Waals surface area contributed by atoms with Gasteiger partial charge in [-0.3, -0.25) is 0 Å². The largest absolute Gasteiger partial charge is 0.433 e. The van der Waals surface area contributed by atoms with Crippen molar-refractivity contribution in [3.8, 4) is 0 Å². The maximum absolute atomic E-state index is 12.6. The van der Waals surface area contributed by atoms with Crippen LogP contribution in [0, 0.1) is 0 Å². The zero-order valence-electron chi connectivity index (χ0n) is 15.7. The van der Waals surface area contributed by atoms with Crippen molar-refractivity contribution in [2.75, 3.05) is 0 Å². The molecule has 1 N–H and O–H groups in total. The summed E-state index contributed by atoms with van der Waals surface area (Å²) in [6, 6.07) is 6.62. The Morgan fingerprint density at radius 3 is 1.88 bits per heavy atom. The Kier molecular flexibility index (Phi) is 13.1. The zero-order chi connectivity index (χ0) is 19.3. The van der Waals surface area contributed by atoms with Crippen LogP contribution in [0.15, 0.2) is 41.0 Å². The van der Waals surface area contributed by atoms with E-state index in [1.807, 2.05) is 13.8 Å². The van der Waals surface area contributed by atoms with Gasteiger partial charge in [-0.05, 0) is 31.9 Å². The SMILES string of the molecule is C/C=C(\N=C(C)c1ccc(C(C)O)cc1)C(F)(F)F.CC.CCC. The number of benzene rings is 1. The number of allylic oxidation sites excluding steroid dienone is 2. The van der Waals surface area contributed by atoms with Gasteiger partial charge in [-0.1, -0.05) is 64.5 Å². The average Bonchev–Trinajstić information content (AvgIpc) is 2.54. The standard InChI is InChI=1S/C14H16F3NO.C3H8.C2H6/c1-4-13(14(15,16)17)18-9(2)11-5-7-12(8-6-11)10(3)19;1-3-2;1-2/h4-8,10,19H,1-3H3;3H2,1-2H3;1-2H3/b13-4-,18-9?;;. The Balaban J connectivity index is 0. The van der Waals surface area contributed by atoms with E-state index in [9.17, 15) is 18.3 Å². The first kappa shape index (κ1) is 24.6. The summed E-state index contributed by atoms with van der Waals surface area (Å²) < 4.78 is 37.7. The van der Waals surface area contributed by atoms with Crippen LogP contribution in [0.4, 0.5) is 13.2 Å². The van der Waals surface area contributed by atoms with Crippen LogP contribution in [0.2, 0.25) is 0 Å². The van der Waals surface area contributed by atoms with E-state index in [0.717, 1.165) is 6.08 Å². The summed E-state index contributed by atoms with van der Waals surface area (Å²) in [6.45, 7) is 12.7. The monoisotopic (exact) mass is 345 g/mol. The molecule has 0 radical (unpaired) electrons. The van der Waals surface area contributed by atoms with Crippen LogP contribution in [0.25, 0.3) is 0 Å². The molecule has 1 aromatic rings. The lowest BCUT2D eigenvalue weighted by atomic mass is 10.1. The highest BCUT2D eigenvalue weighted by molar-refractivity contribution is 5.99. The van der Waals surface area contributed by atoms with Gasteiger partial charge in [0, 0.05) is 5.71 Å². The van der Waals surface area contributed by atoms with Gasteiger partial charge in [-0.2, -0.15) is 13.2 Å². The Morgan fingerprint density at radius 2 is 1.58 bits per heavy atom. The Bertz CT molecular complexity index is 500. The van der Waals surface area contributed by atoms with E-state index in [1.54, 1.807) is 31.2 Å². The highest BCUT2D eigenvalue weighted by Gasteiger charge is 2.33. The Labute approximate surface area is 144 Å². The summed E-state index contributed by atoms with van der Waals surface area (Å²) in [4.78, 5) is 3.60. The number of aliphatic hydroxyl groups excluding tert-OH is 1. The van der Waals surface area contributed by atoms with Crippen LogP contribution >= 0.6 is 0 Å². The quantitative estimate of drug-likeness (QED) is 0.627. The normalized spacial score (nSPS) is 13.3. The molecule has 138 valence electrons. The van der Waals surface area contributed by atoms with Crippen molar-refractivity contribution in [2.45, 2.75) is 67.2 Å². The van der Waals surface area contributed by atoms with Gasteiger partial charge in [0.05, 0.1) is 6.10 Å². The number of halogens is 3. The maximum atomic E-state index is 12.6. The van der Waals surface area contributed by atoms with Gasteiger partial charge in [-0.25, -0.2) is 4.99 Å². The fourth-order valence-electron chi connectivity index (χ4n) is 1.54. The van der Waals surface area contributed by atoms with Crippen LogP contribution < -0.4 is 0 Å². The summed E-state index contributed by atoms with van der Waals surface area (Å²) >= 11 is 0. The second-order valence-electron chi connectivity index (χ2n) is 4.87. The lowest BCUT2D eigenvalue weighted by Gasteiger charge is -2.09. The molecule has 1 aromatic carbocycles. The minimum absolute atomic E-state index is 0.280. The topological polar surface area (TPSA) is 32.6 Å². The Hall–Kier alpha value is -1.62. The van der Waals surface area contributed by atoms with Crippen LogP contribution in [-0.4, -0.2) is 17.0 Å². The van der Waals surface area contributed by atoms with E-state index in [2.05, 4.69) is 18.8 Å². The number of nitrogens with zero attached hydrogens (tertiary/aromatic N) is 1. The molecule has 0 aliphatic heterocycles. The summed E-state index contributed by atoms with van der Waals surface area (Å²) in [7, 11) is 0. The number of alkyl halides is 3. The third-order valence-corrected chi connectivity index (χ3v) is 2.66. The first-order chi connectivity index (χ1) is 11.2. The molecular weight excluding hydrogens is 315 g/mol. The Morgan fingerprint density at radius 1 is 1.17 bits per heavy atom. The molecule has 5 heteroatoms. The van der Waals surface area contributed by atoms with E-state index in [0.29, 0.717) is 11.1 Å². The highest BCUT2D eigenvalue weighted by Crippen LogP contribution is 2.27. The molecule has 1 rings (SSSR count). The lowest BCUT2D eigenvalue weighted by Crippen LogP contribution is -2.11. The van der Waals surface area contributed by atoms with Gasteiger partial charge in [0.1, 0.15) is 5.70 Å². The van der Waals surface area contributed by atoms with Crippen LogP contribution in [0.3, 0.4) is 0 Å². The molecule has 0 aliphatic carbocycles. The van der Waals surface area contributed by atoms with Crippen molar-refractivity contribution in [2.24, 2.45) is 4.99 Å².